The predicted octanol–water partition coefficient (Wildman–Crippen LogP) is 5.29. The molecule has 3 aromatic carbocycles. The Morgan fingerprint density at radius 2 is 1.41 bits per heavy atom. The van der Waals surface area contributed by atoms with Gasteiger partial charge in [0.05, 0.1) is 18.9 Å². The monoisotopic (exact) mass is 420 g/mol. The molecule has 1 aliphatic rings. The fraction of sp³-hybridized carbons (Fsp3) is 0.115. The molecule has 1 aliphatic heterocycles. The molecule has 5 aromatic rings. The molecule has 0 radical (unpaired) electrons. The number of fused-ring (bicyclic) bond motifs is 2. The highest BCUT2D eigenvalue weighted by Crippen LogP contribution is 2.33. The van der Waals surface area contributed by atoms with Crippen LogP contribution in [0.3, 0.4) is 0 Å². The van der Waals surface area contributed by atoms with Gasteiger partial charge in [-0.1, -0.05) is 54.6 Å². The van der Waals surface area contributed by atoms with Crippen LogP contribution in [0.4, 0.5) is 0 Å². The van der Waals surface area contributed by atoms with Crippen LogP contribution in [0.15, 0.2) is 85.1 Å². The maximum Gasteiger partial charge on any atom is 0.253 e. The van der Waals surface area contributed by atoms with Crippen molar-refractivity contribution in [1.29, 1.82) is 0 Å². The third-order valence-electron chi connectivity index (χ3n) is 5.53. The van der Waals surface area contributed by atoms with Crippen LogP contribution in [0.25, 0.3) is 39.5 Å². The highest BCUT2D eigenvalue weighted by molar-refractivity contribution is 5.70. The lowest BCUT2D eigenvalue weighted by atomic mass is 10.0. The van der Waals surface area contributed by atoms with Gasteiger partial charge in [-0.2, -0.15) is 9.50 Å². The van der Waals surface area contributed by atoms with Crippen molar-refractivity contribution in [2.45, 2.75) is 6.42 Å². The molecule has 0 saturated carbocycles. The molecule has 0 spiro atoms. The molecule has 6 nitrogen and oxygen atoms in total. The lowest BCUT2D eigenvalue weighted by Gasteiger charge is -2.07. The van der Waals surface area contributed by atoms with Crippen LogP contribution in [0.2, 0.25) is 0 Å². The molecule has 0 aliphatic carbocycles. The van der Waals surface area contributed by atoms with Crippen molar-refractivity contribution in [3.05, 3.63) is 85.1 Å². The van der Waals surface area contributed by atoms with Gasteiger partial charge < -0.3 is 9.47 Å². The van der Waals surface area contributed by atoms with Crippen molar-refractivity contribution in [3.63, 3.8) is 0 Å². The van der Waals surface area contributed by atoms with E-state index in [2.05, 4.69) is 46.4 Å². The van der Waals surface area contributed by atoms with Crippen molar-refractivity contribution < 1.29 is 9.47 Å². The molecule has 6 heteroatoms. The molecule has 0 amide bonds. The van der Waals surface area contributed by atoms with E-state index in [9.17, 15) is 0 Å². The summed E-state index contributed by atoms with van der Waals surface area (Å²) in [4.78, 5) is 9.07. The molecule has 156 valence electrons. The number of hydrogen-bond donors (Lipinski definition) is 0. The number of nitrogens with zero attached hydrogens (tertiary/aromatic N) is 4. The Kier molecular flexibility index (Phi) is 4.53. The summed E-state index contributed by atoms with van der Waals surface area (Å²) in [6.07, 6.45) is 2.63. The summed E-state index contributed by atoms with van der Waals surface area (Å²) >= 11 is 0. The summed E-state index contributed by atoms with van der Waals surface area (Å²) in [5.41, 5.74) is 5.21. The molecule has 6 rings (SSSR count). The minimum atomic E-state index is 0.553. The third kappa shape index (κ3) is 3.36. The lowest BCUT2D eigenvalue weighted by molar-refractivity contribution is 0.297. The number of rotatable bonds is 3. The van der Waals surface area contributed by atoms with E-state index in [0.717, 1.165) is 34.7 Å². The van der Waals surface area contributed by atoms with E-state index in [1.54, 1.807) is 10.7 Å². The number of aromatic nitrogens is 4. The zero-order valence-corrected chi connectivity index (χ0v) is 17.3. The SMILES string of the molecule is c1ccc(-c2ccc(-c3ccnc4nc(-c5ccc6c(c5)OCCCO6)nn34)cc2)cc1. The van der Waals surface area contributed by atoms with Crippen LogP contribution < -0.4 is 9.47 Å². The summed E-state index contributed by atoms with van der Waals surface area (Å²) in [5, 5.41) is 4.76. The molecule has 0 fully saturated rings. The van der Waals surface area contributed by atoms with Crippen molar-refractivity contribution in [1.82, 2.24) is 19.6 Å². The fourth-order valence-corrected chi connectivity index (χ4v) is 3.90. The molecular formula is C26H20N4O2. The van der Waals surface area contributed by atoms with Gasteiger partial charge in [0.25, 0.3) is 5.78 Å². The second-order valence-corrected chi connectivity index (χ2v) is 7.63. The predicted molar refractivity (Wildman–Crippen MR) is 123 cm³/mol. The van der Waals surface area contributed by atoms with Gasteiger partial charge in [0, 0.05) is 23.7 Å². The van der Waals surface area contributed by atoms with Gasteiger partial charge >= 0.3 is 0 Å². The van der Waals surface area contributed by atoms with E-state index in [4.69, 9.17) is 14.6 Å². The van der Waals surface area contributed by atoms with Crippen LogP contribution in [0.5, 0.6) is 11.5 Å². The van der Waals surface area contributed by atoms with Gasteiger partial charge in [0.2, 0.25) is 0 Å². The summed E-state index contributed by atoms with van der Waals surface area (Å²) in [6.45, 7) is 1.30. The smallest absolute Gasteiger partial charge is 0.253 e. The molecule has 3 heterocycles. The maximum absolute atomic E-state index is 5.82. The normalized spacial score (nSPS) is 13.1. The molecular weight excluding hydrogens is 400 g/mol. The number of benzene rings is 3. The van der Waals surface area contributed by atoms with E-state index >= 15 is 0 Å². The molecule has 2 aromatic heterocycles. The average molecular weight is 420 g/mol. The van der Waals surface area contributed by atoms with Gasteiger partial charge in [-0.15, -0.1) is 5.10 Å². The van der Waals surface area contributed by atoms with E-state index < -0.39 is 0 Å². The second-order valence-electron chi connectivity index (χ2n) is 7.63. The lowest BCUT2D eigenvalue weighted by Crippen LogP contribution is -1.97. The van der Waals surface area contributed by atoms with Crippen molar-refractivity contribution >= 4 is 5.78 Å². The molecule has 32 heavy (non-hydrogen) atoms. The first kappa shape index (κ1) is 18.6. The first-order valence-corrected chi connectivity index (χ1v) is 10.6. The van der Waals surface area contributed by atoms with Gasteiger partial charge in [0.15, 0.2) is 17.3 Å². The maximum atomic E-state index is 5.82. The van der Waals surface area contributed by atoms with Gasteiger partial charge in [0.1, 0.15) is 0 Å². The average Bonchev–Trinajstić information content (AvgIpc) is 3.16. The van der Waals surface area contributed by atoms with E-state index in [0.29, 0.717) is 24.8 Å². The first-order valence-electron chi connectivity index (χ1n) is 10.6. The Bertz CT molecular complexity index is 1400. The summed E-state index contributed by atoms with van der Waals surface area (Å²) < 4.78 is 13.3. The Morgan fingerprint density at radius 3 is 2.25 bits per heavy atom. The van der Waals surface area contributed by atoms with Crippen molar-refractivity contribution in [2.75, 3.05) is 13.2 Å². The van der Waals surface area contributed by atoms with Gasteiger partial charge in [-0.3, -0.25) is 0 Å². The zero-order chi connectivity index (χ0) is 21.3. The number of ether oxygens (including phenoxy) is 2. The highest BCUT2D eigenvalue weighted by atomic mass is 16.5. The van der Waals surface area contributed by atoms with Crippen molar-refractivity contribution in [2.24, 2.45) is 0 Å². The Hall–Kier alpha value is -4.19. The first-order chi connectivity index (χ1) is 15.8. The topological polar surface area (TPSA) is 61.5 Å². The van der Waals surface area contributed by atoms with E-state index in [1.165, 1.54) is 11.1 Å². The van der Waals surface area contributed by atoms with Gasteiger partial charge in [-0.25, -0.2) is 4.98 Å². The Balaban J connectivity index is 1.38. The van der Waals surface area contributed by atoms with Crippen LogP contribution >= 0.6 is 0 Å². The molecule has 0 unspecified atom stereocenters. The largest absolute Gasteiger partial charge is 0.490 e. The van der Waals surface area contributed by atoms with E-state index in [1.807, 2.05) is 42.5 Å². The standard InChI is InChI=1S/C26H20N4O2/c1-2-5-18(6-3-1)19-7-9-20(10-8-19)22-13-14-27-26-28-25(29-30(22)26)21-11-12-23-24(17-21)32-16-4-15-31-23/h1-3,5-14,17H,4,15-16H2. The molecule has 0 bridgehead atoms. The highest BCUT2D eigenvalue weighted by Gasteiger charge is 2.16. The van der Waals surface area contributed by atoms with Gasteiger partial charge in [-0.05, 0) is 35.4 Å². The summed E-state index contributed by atoms with van der Waals surface area (Å²) in [5.74, 6) is 2.63. The minimum absolute atomic E-state index is 0.553. The van der Waals surface area contributed by atoms with Crippen molar-refractivity contribution in [3.8, 4) is 45.3 Å². The summed E-state index contributed by atoms with van der Waals surface area (Å²) in [6, 6.07) is 26.6. The quantitative estimate of drug-likeness (QED) is 0.397. The third-order valence-corrected chi connectivity index (χ3v) is 5.53. The van der Waals surface area contributed by atoms with Crippen LogP contribution in [0, 0.1) is 0 Å². The van der Waals surface area contributed by atoms with Crippen LogP contribution in [0.1, 0.15) is 6.42 Å². The minimum Gasteiger partial charge on any atom is -0.490 e. The molecule has 0 atom stereocenters. The molecule has 0 N–H and O–H groups in total. The van der Waals surface area contributed by atoms with E-state index in [-0.39, 0.29) is 0 Å². The van der Waals surface area contributed by atoms with Crippen LogP contribution in [-0.2, 0) is 0 Å². The second kappa shape index (κ2) is 7.81. The van der Waals surface area contributed by atoms with Crippen LogP contribution in [-0.4, -0.2) is 32.8 Å². The Labute approximate surface area is 185 Å². The zero-order valence-electron chi connectivity index (χ0n) is 17.3. The fourth-order valence-electron chi connectivity index (χ4n) is 3.90. The Morgan fingerprint density at radius 1 is 0.688 bits per heavy atom. The number of hydrogen-bond acceptors (Lipinski definition) is 5. The summed E-state index contributed by atoms with van der Waals surface area (Å²) in [7, 11) is 0. The molecule has 0 saturated heterocycles.